The Morgan fingerprint density at radius 3 is 2.71 bits per heavy atom. The Morgan fingerprint density at radius 2 is 1.95 bits per heavy atom. The van der Waals surface area contributed by atoms with E-state index >= 15 is 0 Å². The number of rotatable bonds is 3. The minimum atomic E-state index is -0.754. The second kappa shape index (κ2) is 5.15. The van der Waals surface area contributed by atoms with E-state index in [2.05, 4.69) is 42.2 Å². The van der Waals surface area contributed by atoms with E-state index in [9.17, 15) is 9.90 Å². The van der Waals surface area contributed by atoms with Gasteiger partial charge in [-0.25, -0.2) is 0 Å². The van der Waals surface area contributed by atoms with Crippen LogP contribution >= 0.6 is 0 Å². The van der Waals surface area contributed by atoms with Gasteiger partial charge in [0.1, 0.15) is 5.54 Å². The standard InChI is InChI=1S/C18H21NO2/c1-13(19-12-6-11-18(19,2)17(20)21)15-10-5-8-14-7-3-4-9-16(14)15/h3-5,7-10,13H,6,11-12H2,1-2H3,(H,20,21). The summed E-state index contributed by atoms with van der Waals surface area (Å²) in [4.78, 5) is 13.8. The van der Waals surface area contributed by atoms with Gasteiger partial charge < -0.3 is 5.11 Å². The van der Waals surface area contributed by atoms with E-state index in [4.69, 9.17) is 0 Å². The van der Waals surface area contributed by atoms with Crippen molar-refractivity contribution in [3.8, 4) is 0 Å². The molecule has 0 aliphatic carbocycles. The molecule has 1 aliphatic rings. The molecule has 21 heavy (non-hydrogen) atoms. The molecule has 0 aromatic heterocycles. The lowest BCUT2D eigenvalue weighted by molar-refractivity contribution is -0.149. The van der Waals surface area contributed by atoms with Crippen LogP contribution in [0, 0.1) is 0 Å². The number of benzene rings is 2. The summed E-state index contributed by atoms with van der Waals surface area (Å²) in [6.45, 7) is 4.81. The minimum Gasteiger partial charge on any atom is -0.480 e. The molecule has 0 spiro atoms. The monoisotopic (exact) mass is 283 g/mol. The van der Waals surface area contributed by atoms with Crippen molar-refractivity contribution in [3.63, 3.8) is 0 Å². The quantitative estimate of drug-likeness (QED) is 0.930. The van der Waals surface area contributed by atoms with Gasteiger partial charge in [0, 0.05) is 6.04 Å². The third-order valence-corrected chi connectivity index (χ3v) is 4.90. The van der Waals surface area contributed by atoms with E-state index < -0.39 is 11.5 Å². The van der Waals surface area contributed by atoms with Gasteiger partial charge in [-0.05, 0) is 49.6 Å². The van der Waals surface area contributed by atoms with Gasteiger partial charge in [0.15, 0.2) is 0 Å². The Balaban J connectivity index is 2.05. The van der Waals surface area contributed by atoms with Gasteiger partial charge in [-0.2, -0.15) is 0 Å². The van der Waals surface area contributed by atoms with Crippen LogP contribution in [0.4, 0.5) is 0 Å². The summed E-state index contributed by atoms with van der Waals surface area (Å²) >= 11 is 0. The molecule has 3 rings (SSSR count). The molecule has 1 fully saturated rings. The summed E-state index contributed by atoms with van der Waals surface area (Å²) < 4.78 is 0. The van der Waals surface area contributed by atoms with Crippen molar-refractivity contribution >= 4 is 16.7 Å². The van der Waals surface area contributed by atoms with Crippen molar-refractivity contribution in [2.75, 3.05) is 6.54 Å². The van der Waals surface area contributed by atoms with Crippen molar-refractivity contribution in [3.05, 3.63) is 48.0 Å². The average molecular weight is 283 g/mol. The first-order valence-corrected chi connectivity index (χ1v) is 7.52. The van der Waals surface area contributed by atoms with Crippen LogP contribution in [0.2, 0.25) is 0 Å². The number of fused-ring (bicyclic) bond motifs is 1. The number of hydrogen-bond donors (Lipinski definition) is 1. The van der Waals surface area contributed by atoms with Crippen molar-refractivity contribution in [1.82, 2.24) is 4.90 Å². The highest BCUT2D eigenvalue weighted by atomic mass is 16.4. The lowest BCUT2D eigenvalue weighted by Gasteiger charge is -2.36. The molecule has 1 aliphatic heterocycles. The molecule has 3 nitrogen and oxygen atoms in total. The van der Waals surface area contributed by atoms with Crippen LogP contribution in [0.1, 0.15) is 38.3 Å². The maximum absolute atomic E-state index is 11.7. The van der Waals surface area contributed by atoms with Crippen LogP contribution in [-0.2, 0) is 4.79 Å². The van der Waals surface area contributed by atoms with Crippen LogP contribution < -0.4 is 0 Å². The molecule has 3 heteroatoms. The van der Waals surface area contributed by atoms with Crippen molar-refractivity contribution in [2.45, 2.75) is 38.3 Å². The largest absolute Gasteiger partial charge is 0.480 e. The zero-order valence-electron chi connectivity index (χ0n) is 12.5. The summed E-state index contributed by atoms with van der Waals surface area (Å²) in [5.74, 6) is -0.716. The predicted octanol–water partition coefficient (Wildman–Crippen LogP) is 3.84. The first-order valence-electron chi connectivity index (χ1n) is 7.52. The highest BCUT2D eigenvalue weighted by Crippen LogP contribution is 2.38. The molecule has 0 amide bonds. The van der Waals surface area contributed by atoms with Gasteiger partial charge in [0.2, 0.25) is 0 Å². The van der Waals surface area contributed by atoms with Crippen molar-refractivity contribution < 1.29 is 9.90 Å². The number of likely N-dealkylation sites (tertiary alicyclic amines) is 1. The highest BCUT2D eigenvalue weighted by Gasteiger charge is 2.45. The van der Waals surface area contributed by atoms with Crippen LogP contribution in [0.15, 0.2) is 42.5 Å². The maximum atomic E-state index is 11.7. The van der Waals surface area contributed by atoms with Gasteiger partial charge >= 0.3 is 5.97 Å². The van der Waals surface area contributed by atoms with Gasteiger partial charge in [-0.3, -0.25) is 9.69 Å². The van der Waals surface area contributed by atoms with Gasteiger partial charge in [-0.1, -0.05) is 42.5 Å². The van der Waals surface area contributed by atoms with Gasteiger partial charge in [-0.15, -0.1) is 0 Å². The van der Waals surface area contributed by atoms with Crippen molar-refractivity contribution in [2.24, 2.45) is 0 Å². The Hall–Kier alpha value is -1.87. The number of hydrogen-bond acceptors (Lipinski definition) is 2. The number of carboxylic acid groups (broad SMARTS) is 1. The first kappa shape index (κ1) is 14.1. The Labute approximate surface area is 125 Å². The number of aliphatic carboxylic acids is 1. The fourth-order valence-corrected chi connectivity index (χ4v) is 3.62. The summed E-state index contributed by atoms with van der Waals surface area (Å²) in [5, 5.41) is 12.0. The second-order valence-corrected chi connectivity index (χ2v) is 6.12. The lowest BCUT2D eigenvalue weighted by Crippen LogP contribution is -2.48. The Morgan fingerprint density at radius 1 is 1.24 bits per heavy atom. The fourth-order valence-electron chi connectivity index (χ4n) is 3.62. The third-order valence-electron chi connectivity index (χ3n) is 4.90. The molecule has 2 atom stereocenters. The van der Waals surface area contributed by atoms with Gasteiger partial charge in [0.25, 0.3) is 0 Å². The molecule has 0 bridgehead atoms. The minimum absolute atomic E-state index is 0.0969. The molecule has 1 heterocycles. The summed E-state index contributed by atoms with van der Waals surface area (Å²) in [6.07, 6.45) is 1.66. The van der Waals surface area contributed by atoms with E-state index in [0.29, 0.717) is 0 Å². The predicted molar refractivity (Wildman–Crippen MR) is 84.3 cm³/mol. The molecular weight excluding hydrogens is 262 g/mol. The SMILES string of the molecule is CC(c1cccc2ccccc12)N1CCCC1(C)C(=O)O. The average Bonchev–Trinajstić information content (AvgIpc) is 2.89. The Bertz CT molecular complexity index is 676. The lowest BCUT2D eigenvalue weighted by atomic mass is 9.94. The molecule has 0 saturated carbocycles. The van der Waals surface area contributed by atoms with Gasteiger partial charge in [0.05, 0.1) is 0 Å². The second-order valence-electron chi connectivity index (χ2n) is 6.12. The number of carbonyl (C=O) groups is 1. The van der Waals surface area contributed by atoms with E-state index in [0.717, 1.165) is 19.4 Å². The zero-order chi connectivity index (χ0) is 15.0. The molecule has 2 unspecified atom stereocenters. The first-order chi connectivity index (χ1) is 10.0. The third kappa shape index (κ3) is 2.22. The van der Waals surface area contributed by atoms with E-state index in [-0.39, 0.29) is 6.04 Å². The molecule has 0 radical (unpaired) electrons. The van der Waals surface area contributed by atoms with Crippen LogP contribution in [0.5, 0.6) is 0 Å². The van der Waals surface area contributed by atoms with Crippen LogP contribution in [0.25, 0.3) is 10.8 Å². The topological polar surface area (TPSA) is 40.5 Å². The van der Waals surface area contributed by atoms with E-state index in [1.54, 1.807) is 0 Å². The zero-order valence-corrected chi connectivity index (χ0v) is 12.5. The smallest absolute Gasteiger partial charge is 0.323 e. The highest BCUT2D eigenvalue weighted by molar-refractivity contribution is 5.86. The molecule has 2 aromatic rings. The van der Waals surface area contributed by atoms with E-state index in [1.807, 2.05) is 19.1 Å². The molecule has 110 valence electrons. The summed E-state index contributed by atoms with van der Waals surface area (Å²) in [6, 6.07) is 14.7. The molecule has 1 N–H and O–H groups in total. The maximum Gasteiger partial charge on any atom is 0.323 e. The molecular formula is C18H21NO2. The Kier molecular flexibility index (Phi) is 3.46. The van der Waals surface area contributed by atoms with Crippen LogP contribution in [-0.4, -0.2) is 28.1 Å². The fraction of sp³-hybridized carbons (Fsp3) is 0.389. The normalized spacial score (nSPS) is 24.3. The molecule has 2 aromatic carbocycles. The number of nitrogens with zero attached hydrogens (tertiary/aromatic N) is 1. The van der Waals surface area contributed by atoms with Crippen LogP contribution in [0.3, 0.4) is 0 Å². The number of carboxylic acids is 1. The van der Waals surface area contributed by atoms with Crippen molar-refractivity contribution in [1.29, 1.82) is 0 Å². The summed E-state index contributed by atoms with van der Waals surface area (Å²) in [5.41, 5.74) is 0.457. The van der Waals surface area contributed by atoms with E-state index in [1.165, 1.54) is 16.3 Å². The summed E-state index contributed by atoms with van der Waals surface area (Å²) in [7, 11) is 0. The molecule has 1 saturated heterocycles.